The Hall–Kier alpha value is -3.56. The van der Waals surface area contributed by atoms with Crippen molar-refractivity contribution in [1.82, 2.24) is 4.31 Å². The maximum absolute atomic E-state index is 13.3. The van der Waals surface area contributed by atoms with Gasteiger partial charge in [0, 0.05) is 43.1 Å². The molecule has 0 atom stereocenters. The highest BCUT2D eigenvalue weighted by Gasteiger charge is 2.26. The van der Waals surface area contributed by atoms with Crippen molar-refractivity contribution >= 4 is 33.2 Å². The molecule has 1 heterocycles. The summed E-state index contributed by atoms with van der Waals surface area (Å²) >= 11 is 0. The van der Waals surface area contributed by atoms with Crippen LogP contribution in [-0.4, -0.2) is 45.2 Å². The molecule has 1 aliphatic heterocycles. The molecule has 9 heteroatoms. The van der Waals surface area contributed by atoms with Crippen LogP contribution in [0.4, 0.5) is 15.8 Å². The maximum Gasteiger partial charge on any atom is 0.258 e. The molecule has 0 aromatic heterocycles. The molecule has 34 heavy (non-hydrogen) atoms. The highest BCUT2D eigenvalue weighted by Crippen LogP contribution is 2.34. The Morgan fingerprint density at radius 2 is 1.59 bits per heavy atom. The van der Waals surface area contributed by atoms with E-state index < -0.39 is 15.8 Å². The fourth-order valence-corrected chi connectivity index (χ4v) is 4.79. The summed E-state index contributed by atoms with van der Waals surface area (Å²) in [6.45, 7) is 0.499. The molecule has 1 N–H and O–H groups in total. The lowest BCUT2D eigenvalue weighted by Crippen LogP contribution is -2.36. The van der Waals surface area contributed by atoms with Crippen molar-refractivity contribution in [2.24, 2.45) is 0 Å². The largest absolute Gasteiger partial charge is 0.322 e. The molecule has 0 fully saturated rings. The molecule has 2 amide bonds. The number of carbonyl (C=O) groups is 2. The van der Waals surface area contributed by atoms with Gasteiger partial charge in [0.05, 0.1) is 4.90 Å². The van der Waals surface area contributed by atoms with Crippen molar-refractivity contribution in [1.29, 1.82) is 0 Å². The summed E-state index contributed by atoms with van der Waals surface area (Å²) in [5.41, 5.74) is 2.82. The normalized spacial score (nSPS) is 13.5. The van der Waals surface area contributed by atoms with Crippen LogP contribution in [0.1, 0.15) is 32.7 Å². The van der Waals surface area contributed by atoms with Gasteiger partial charge in [-0.25, -0.2) is 17.1 Å². The average Bonchev–Trinajstić information content (AvgIpc) is 2.84. The number of amides is 2. The zero-order valence-corrected chi connectivity index (χ0v) is 19.6. The van der Waals surface area contributed by atoms with E-state index in [0.717, 1.165) is 9.87 Å². The monoisotopic (exact) mass is 481 g/mol. The van der Waals surface area contributed by atoms with Crippen molar-refractivity contribution in [3.8, 4) is 0 Å². The third-order valence-corrected chi connectivity index (χ3v) is 7.56. The van der Waals surface area contributed by atoms with Gasteiger partial charge in [-0.1, -0.05) is 6.07 Å². The number of halogens is 1. The number of hydrogen-bond acceptors (Lipinski definition) is 4. The summed E-state index contributed by atoms with van der Waals surface area (Å²) in [5.74, 6) is -1.04. The molecule has 0 saturated heterocycles. The summed E-state index contributed by atoms with van der Waals surface area (Å²) in [6, 6.07) is 16.5. The minimum atomic E-state index is -3.59. The zero-order chi connectivity index (χ0) is 24.5. The van der Waals surface area contributed by atoms with E-state index in [1.165, 1.54) is 62.6 Å². The Labute approximate surface area is 197 Å². The van der Waals surface area contributed by atoms with E-state index in [1.807, 2.05) is 6.07 Å². The smallest absolute Gasteiger partial charge is 0.258 e. The standard InChI is InChI=1S/C25H24FN3O4S/c1-28(2)34(32,33)20-14-10-18(11-15-20)25(31)29-16-4-5-21-22(6-3-7-23(21)29)27-24(30)17-8-12-19(26)13-9-17/h3,6-15H,4-5,16H2,1-2H3,(H,27,30). The van der Waals surface area contributed by atoms with E-state index in [2.05, 4.69) is 5.32 Å². The number of carbonyl (C=O) groups excluding carboxylic acids is 2. The van der Waals surface area contributed by atoms with Crippen LogP contribution in [-0.2, 0) is 16.4 Å². The lowest BCUT2D eigenvalue weighted by Gasteiger charge is -2.31. The first-order valence-electron chi connectivity index (χ1n) is 10.7. The highest BCUT2D eigenvalue weighted by molar-refractivity contribution is 7.89. The van der Waals surface area contributed by atoms with Gasteiger partial charge in [0.25, 0.3) is 11.8 Å². The van der Waals surface area contributed by atoms with E-state index in [0.29, 0.717) is 41.9 Å². The van der Waals surface area contributed by atoms with E-state index in [4.69, 9.17) is 0 Å². The molecule has 0 spiro atoms. The van der Waals surface area contributed by atoms with Crippen molar-refractivity contribution in [2.75, 3.05) is 30.9 Å². The molecule has 0 aliphatic carbocycles. The second kappa shape index (κ2) is 9.36. The molecular weight excluding hydrogens is 457 g/mol. The molecular formula is C25H24FN3O4S. The molecule has 1 aliphatic rings. The van der Waals surface area contributed by atoms with Crippen LogP contribution in [0.2, 0.25) is 0 Å². The van der Waals surface area contributed by atoms with E-state index in [1.54, 1.807) is 17.0 Å². The number of benzene rings is 3. The molecule has 3 aromatic carbocycles. The van der Waals surface area contributed by atoms with Crippen LogP contribution in [0.5, 0.6) is 0 Å². The summed E-state index contributed by atoms with van der Waals surface area (Å²) in [6.07, 6.45) is 1.38. The molecule has 4 rings (SSSR count). The first-order chi connectivity index (χ1) is 16.2. The third-order valence-electron chi connectivity index (χ3n) is 5.73. The van der Waals surface area contributed by atoms with Crippen LogP contribution >= 0.6 is 0 Å². The van der Waals surface area contributed by atoms with Gasteiger partial charge in [0.15, 0.2) is 0 Å². The van der Waals surface area contributed by atoms with E-state index in [-0.39, 0.29) is 16.7 Å². The molecule has 0 bridgehead atoms. The van der Waals surface area contributed by atoms with Gasteiger partial charge in [-0.15, -0.1) is 0 Å². The SMILES string of the molecule is CN(C)S(=O)(=O)c1ccc(C(=O)N2CCCc3c(NC(=O)c4ccc(F)cc4)cccc32)cc1. The molecule has 0 radical (unpaired) electrons. The predicted octanol–water partition coefficient (Wildman–Crippen LogP) is 3.92. The van der Waals surface area contributed by atoms with Crippen molar-refractivity contribution in [3.63, 3.8) is 0 Å². The minimum Gasteiger partial charge on any atom is -0.322 e. The summed E-state index contributed by atoms with van der Waals surface area (Å²) in [4.78, 5) is 27.7. The summed E-state index contributed by atoms with van der Waals surface area (Å²) in [7, 11) is -0.688. The fraction of sp³-hybridized carbons (Fsp3) is 0.200. The van der Waals surface area contributed by atoms with Crippen molar-refractivity contribution < 1.29 is 22.4 Å². The van der Waals surface area contributed by atoms with E-state index >= 15 is 0 Å². The van der Waals surface area contributed by atoms with Crippen LogP contribution in [0.25, 0.3) is 0 Å². The number of sulfonamides is 1. The number of nitrogens with one attached hydrogen (secondary N) is 1. The van der Waals surface area contributed by atoms with Gasteiger partial charge < -0.3 is 10.2 Å². The predicted molar refractivity (Wildman–Crippen MR) is 128 cm³/mol. The summed E-state index contributed by atoms with van der Waals surface area (Å²) < 4.78 is 38.9. The Kier molecular flexibility index (Phi) is 6.49. The number of anilines is 2. The highest BCUT2D eigenvalue weighted by atomic mass is 32.2. The molecule has 3 aromatic rings. The number of fused-ring (bicyclic) bond motifs is 1. The van der Waals surface area contributed by atoms with Gasteiger partial charge in [-0.3, -0.25) is 9.59 Å². The maximum atomic E-state index is 13.3. The number of hydrogen-bond donors (Lipinski definition) is 1. The lowest BCUT2D eigenvalue weighted by molar-refractivity contribution is 0.0984. The van der Waals surface area contributed by atoms with Gasteiger partial charge in [-0.05, 0) is 79.1 Å². The first kappa shape index (κ1) is 23.6. The Balaban J connectivity index is 1.59. The summed E-state index contributed by atoms with van der Waals surface area (Å²) in [5, 5.41) is 2.87. The Morgan fingerprint density at radius 1 is 0.941 bits per heavy atom. The third kappa shape index (κ3) is 4.57. The second-order valence-corrected chi connectivity index (χ2v) is 10.3. The Bertz CT molecular complexity index is 1340. The number of nitrogens with zero attached hydrogens (tertiary/aromatic N) is 2. The quantitative estimate of drug-likeness (QED) is 0.599. The molecule has 176 valence electrons. The fourth-order valence-electron chi connectivity index (χ4n) is 3.88. The second-order valence-electron chi connectivity index (χ2n) is 8.14. The van der Waals surface area contributed by atoms with Crippen LogP contribution in [0.15, 0.2) is 71.6 Å². The molecule has 0 unspecified atom stereocenters. The lowest BCUT2D eigenvalue weighted by atomic mass is 9.98. The zero-order valence-electron chi connectivity index (χ0n) is 18.8. The van der Waals surface area contributed by atoms with Gasteiger partial charge in [0.1, 0.15) is 5.82 Å². The molecule has 7 nitrogen and oxygen atoms in total. The molecule has 0 saturated carbocycles. The Morgan fingerprint density at radius 3 is 2.24 bits per heavy atom. The topological polar surface area (TPSA) is 86.8 Å². The van der Waals surface area contributed by atoms with Crippen LogP contribution in [0, 0.1) is 5.82 Å². The van der Waals surface area contributed by atoms with Gasteiger partial charge >= 0.3 is 0 Å². The van der Waals surface area contributed by atoms with E-state index in [9.17, 15) is 22.4 Å². The van der Waals surface area contributed by atoms with Crippen LogP contribution in [0.3, 0.4) is 0 Å². The minimum absolute atomic E-state index is 0.110. The first-order valence-corrected chi connectivity index (χ1v) is 12.2. The van der Waals surface area contributed by atoms with Crippen LogP contribution < -0.4 is 10.2 Å². The van der Waals surface area contributed by atoms with Gasteiger partial charge in [0.2, 0.25) is 10.0 Å². The number of rotatable bonds is 5. The van der Waals surface area contributed by atoms with Gasteiger partial charge in [-0.2, -0.15) is 0 Å². The van der Waals surface area contributed by atoms with Crippen molar-refractivity contribution in [3.05, 3.63) is 89.2 Å². The van der Waals surface area contributed by atoms with Crippen molar-refractivity contribution in [2.45, 2.75) is 17.7 Å². The average molecular weight is 482 g/mol.